The third-order valence-corrected chi connectivity index (χ3v) is 3.49. The van der Waals surface area contributed by atoms with Crippen LogP contribution in [0.3, 0.4) is 0 Å². The molecule has 0 heterocycles. The van der Waals surface area contributed by atoms with Crippen molar-refractivity contribution in [3.8, 4) is 0 Å². The van der Waals surface area contributed by atoms with Gasteiger partial charge in [0.2, 0.25) is 0 Å². The topological polar surface area (TPSA) is 29.3 Å². The van der Waals surface area contributed by atoms with Crippen LogP contribution in [-0.2, 0) is 6.54 Å². The minimum Gasteiger partial charge on any atom is -0.368 e. The Morgan fingerprint density at radius 2 is 1.85 bits per heavy atom. The second-order valence-corrected chi connectivity index (χ2v) is 5.42. The van der Waals surface area contributed by atoms with E-state index in [2.05, 4.69) is 0 Å². The van der Waals surface area contributed by atoms with Crippen LogP contribution in [0.25, 0.3) is 0 Å². The molecule has 2 rings (SSSR count). The summed E-state index contributed by atoms with van der Waals surface area (Å²) in [5.74, 6) is -0.253. The second kappa shape index (κ2) is 6.25. The van der Waals surface area contributed by atoms with Crippen LogP contribution >= 0.6 is 11.6 Å². The summed E-state index contributed by atoms with van der Waals surface area (Å²) in [7, 11) is 1.86. The van der Waals surface area contributed by atoms with Crippen molar-refractivity contribution < 1.29 is 4.39 Å². The van der Waals surface area contributed by atoms with Gasteiger partial charge in [0.15, 0.2) is 0 Å². The standard InChI is InChI=1S/C16H18ClFN2/c1-11(19)13-5-8-16(15(18)9-13)20(2)10-12-3-6-14(17)7-4-12/h3-9,11H,10,19H2,1-2H3. The average Bonchev–Trinajstić information content (AvgIpc) is 2.41. The van der Waals surface area contributed by atoms with E-state index in [1.165, 1.54) is 6.07 Å². The predicted molar refractivity (Wildman–Crippen MR) is 82.6 cm³/mol. The van der Waals surface area contributed by atoms with Crippen LogP contribution in [0.15, 0.2) is 42.5 Å². The lowest BCUT2D eigenvalue weighted by atomic mass is 10.1. The number of benzene rings is 2. The molecule has 0 aromatic heterocycles. The Morgan fingerprint density at radius 1 is 1.20 bits per heavy atom. The van der Waals surface area contributed by atoms with E-state index in [0.29, 0.717) is 17.3 Å². The first-order valence-electron chi connectivity index (χ1n) is 6.48. The smallest absolute Gasteiger partial charge is 0.146 e. The van der Waals surface area contributed by atoms with Gasteiger partial charge >= 0.3 is 0 Å². The summed E-state index contributed by atoms with van der Waals surface area (Å²) in [5.41, 5.74) is 8.19. The van der Waals surface area contributed by atoms with E-state index >= 15 is 0 Å². The highest BCUT2D eigenvalue weighted by atomic mass is 35.5. The van der Waals surface area contributed by atoms with Gasteiger partial charge in [0.1, 0.15) is 5.82 Å². The van der Waals surface area contributed by atoms with Crippen molar-refractivity contribution >= 4 is 17.3 Å². The largest absolute Gasteiger partial charge is 0.368 e. The second-order valence-electron chi connectivity index (χ2n) is 4.98. The first-order chi connectivity index (χ1) is 9.47. The van der Waals surface area contributed by atoms with Crippen LogP contribution in [0.4, 0.5) is 10.1 Å². The highest BCUT2D eigenvalue weighted by Gasteiger charge is 2.10. The van der Waals surface area contributed by atoms with Gasteiger partial charge in [0.25, 0.3) is 0 Å². The fourth-order valence-corrected chi connectivity index (χ4v) is 2.19. The van der Waals surface area contributed by atoms with Crippen molar-refractivity contribution in [3.05, 3.63) is 64.4 Å². The minimum atomic E-state index is -0.253. The molecule has 106 valence electrons. The summed E-state index contributed by atoms with van der Waals surface area (Å²) >= 11 is 5.85. The molecular weight excluding hydrogens is 275 g/mol. The van der Waals surface area contributed by atoms with Crippen LogP contribution in [0.2, 0.25) is 5.02 Å². The van der Waals surface area contributed by atoms with Crippen molar-refractivity contribution in [1.29, 1.82) is 0 Å². The molecule has 0 fully saturated rings. The minimum absolute atomic E-state index is 0.167. The monoisotopic (exact) mass is 292 g/mol. The molecule has 2 N–H and O–H groups in total. The fraction of sp³-hybridized carbons (Fsp3) is 0.250. The highest BCUT2D eigenvalue weighted by molar-refractivity contribution is 6.30. The van der Waals surface area contributed by atoms with Crippen LogP contribution in [-0.4, -0.2) is 7.05 Å². The van der Waals surface area contributed by atoms with Gasteiger partial charge in [0.05, 0.1) is 5.69 Å². The molecule has 2 aromatic carbocycles. The molecule has 0 saturated carbocycles. The maximum atomic E-state index is 14.1. The first kappa shape index (κ1) is 14.8. The SMILES string of the molecule is CC(N)c1ccc(N(C)Cc2ccc(Cl)cc2)c(F)c1. The quantitative estimate of drug-likeness (QED) is 0.918. The van der Waals surface area contributed by atoms with Gasteiger partial charge in [-0.15, -0.1) is 0 Å². The molecule has 1 atom stereocenters. The number of nitrogens with zero attached hydrogens (tertiary/aromatic N) is 1. The predicted octanol–water partition coefficient (Wildman–Crippen LogP) is 4.14. The molecule has 0 aliphatic rings. The maximum Gasteiger partial charge on any atom is 0.146 e. The Morgan fingerprint density at radius 3 is 2.40 bits per heavy atom. The van der Waals surface area contributed by atoms with E-state index in [4.69, 9.17) is 17.3 Å². The molecule has 0 saturated heterocycles. The normalized spacial score (nSPS) is 12.2. The summed E-state index contributed by atoms with van der Waals surface area (Å²) in [6.45, 7) is 2.46. The number of hydrogen-bond donors (Lipinski definition) is 1. The van der Waals surface area contributed by atoms with Gasteiger partial charge in [-0.2, -0.15) is 0 Å². The molecule has 0 amide bonds. The Kier molecular flexibility index (Phi) is 4.63. The molecule has 2 nitrogen and oxygen atoms in total. The molecular formula is C16H18ClFN2. The summed E-state index contributed by atoms with van der Waals surface area (Å²) in [5, 5.41) is 0.698. The molecule has 2 aromatic rings. The molecule has 0 bridgehead atoms. The van der Waals surface area contributed by atoms with E-state index in [9.17, 15) is 4.39 Å². The number of hydrogen-bond acceptors (Lipinski definition) is 2. The lowest BCUT2D eigenvalue weighted by Gasteiger charge is -2.21. The van der Waals surface area contributed by atoms with Gasteiger partial charge in [-0.3, -0.25) is 0 Å². The summed E-state index contributed by atoms with van der Waals surface area (Å²) in [6.07, 6.45) is 0. The Balaban J connectivity index is 2.16. The number of rotatable bonds is 4. The summed E-state index contributed by atoms with van der Waals surface area (Å²) < 4.78 is 14.1. The first-order valence-corrected chi connectivity index (χ1v) is 6.86. The molecule has 0 radical (unpaired) electrons. The third-order valence-electron chi connectivity index (χ3n) is 3.24. The van der Waals surface area contributed by atoms with Gasteiger partial charge < -0.3 is 10.6 Å². The maximum absolute atomic E-state index is 14.1. The Hall–Kier alpha value is -1.58. The summed E-state index contributed by atoms with van der Waals surface area (Å²) in [4.78, 5) is 1.86. The zero-order valence-electron chi connectivity index (χ0n) is 11.6. The number of halogens is 2. The summed E-state index contributed by atoms with van der Waals surface area (Å²) in [6, 6.07) is 12.5. The van der Waals surface area contributed by atoms with E-state index < -0.39 is 0 Å². The van der Waals surface area contributed by atoms with Crippen molar-refractivity contribution in [2.75, 3.05) is 11.9 Å². The van der Waals surface area contributed by atoms with Crippen LogP contribution < -0.4 is 10.6 Å². The van der Waals surface area contributed by atoms with Crippen LogP contribution in [0.1, 0.15) is 24.1 Å². The third kappa shape index (κ3) is 3.50. The zero-order chi connectivity index (χ0) is 14.7. The molecule has 1 unspecified atom stereocenters. The van der Waals surface area contributed by atoms with E-state index in [-0.39, 0.29) is 11.9 Å². The van der Waals surface area contributed by atoms with Gasteiger partial charge in [-0.1, -0.05) is 29.8 Å². The number of anilines is 1. The molecule has 4 heteroatoms. The lowest BCUT2D eigenvalue weighted by molar-refractivity contribution is 0.617. The van der Waals surface area contributed by atoms with Crippen LogP contribution in [0, 0.1) is 5.82 Å². The molecule has 20 heavy (non-hydrogen) atoms. The van der Waals surface area contributed by atoms with Crippen molar-refractivity contribution in [2.24, 2.45) is 5.73 Å². The zero-order valence-corrected chi connectivity index (χ0v) is 12.4. The molecule has 0 aliphatic carbocycles. The Bertz CT molecular complexity index is 582. The highest BCUT2D eigenvalue weighted by Crippen LogP contribution is 2.23. The van der Waals surface area contributed by atoms with Gasteiger partial charge in [-0.05, 0) is 42.3 Å². The van der Waals surface area contributed by atoms with E-state index in [0.717, 1.165) is 11.1 Å². The van der Waals surface area contributed by atoms with Gasteiger partial charge in [0, 0.05) is 24.7 Å². The van der Waals surface area contributed by atoms with Gasteiger partial charge in [-0.25, -0.2) is 4.39 Å². The van der Waals surface area contributed by atoms with E-state index in [1.807, 2.05) is 49.2 Å². The average molecular weight is 293 g/mol. The van der Waals surface area contributed by atoms with Crippen LogP contribution in [0.5, 0.6) is 0 Å². The molecule has 0 aliphatic heterocycles. The van der Waals surface area contributed by atoms with E-state index in [1.54, 1.807) is 6.07 Å². The van der Waals surface area contributed by atoms with Crippen molar-refractivity contribution in [2.45, 2.75) is 19.5 Å². The van der Waals surface area contributed by atoms with Crippen molar-refractivity contribution in [1.82, 2.24) is 0 Å². The van der Waals surface area contributed by atoms with Crippen molar-refractivity contribution in [3.63, 3.8) is 0 Å². The Labute approximate surface area is 124 Å². The molecule has 0 spiro atoms. The fourth-order valence-electron chi connectivity index (χ4n) is 2.06. The lowest BCUT2D eigenvalue weighted by Crippen LogP contribution is -2.18. The number of nitrogens with two attached hydrogens (primary N) is 1.